The lowest BCUT2D eigenvalue weighted by Crippen LogP contribution is -2.29. The molecule has 20 heavy (non-hydrogen) atoms. The van der Waals surface area contributed by atoms with Crippen molar-refractivity contribution in [3.05, 3.63) is 35.1 Å². The summed E-state index contributed by atoms with van der Waals surface area (Å²) in [6.07, 6.45) is 4.04. The number of nitrogens with zero attached hydrogens (tertiary/aromatic N) is 1. The van der Waals surface area contributed by atoms with E-state index in [9.17, 15) is 4.39 Å². The quantitative estimate of drug-likeness (QED) is 0.820. The van der Waals surface area contributed by atoms with E-state index < -0.39 is 0 Å². The summed E-state index contributed by atoms with van der Waals surface area (Å²) in [5, 5.41) is 3.38. The van der Waals surface area contributed by atoms with Crippen molar-refractivity contribution in [2.45, 2.75) is 52.2 Å². The third-order valence-electron chi connectivity index (χ3n) is 4.06. The van der Waals surface area contributed by atoms with Gasteiger partial charge in [0, 0.05) is 31.2 Å². The highest BCUT2D eigenvalue weighted by Crippen LogP contribution is 2.27. The van der Waals surface area contributed by atoms with E-state index in [-0.39, 0.29) is 5.82 Å². The van der Waals surface area contributed by atoms with Gasteiger partial charge in [-0.1, -0.05) is 32.4 Å². The van der Waals surface area contributed by atoms with Gasteiger partial charge in [-0.25, -0.2) is 4.39 Å². The van der Waals surface area contributed by atoms with E-state index in [2.05, 4.69) is 31.1 Å². The number of nitrogens with one attached hydrogen (secondary N) is 1. The summed E-state index contributed by atoms with van der Waals surface area (Å²) >= 11 is 0. The summed E-state index contributed by atoms with van der Waals surface area (Å²) in [7, 11) is 2.09. The summed E-state index contributed by atoms with van der Waals surface area (Å²) < 4.78 is 13.9. The van der Waals surface area contributed by atoms with Gasteiger partial charge in [0.15, 0.2) is 0 Å². The van der Waals surface area contributed by atoms with E-state index in [1.54, 1.807) is 6.07 Å². The smallest absolute Gasteiger partial charge is 0.127 e. The summed E-state index contributed by atoms with van der Waals surface area (Å²) in [4.78, 5) is 2.25. The molecule has 1 fully saturated rings. The second-order valence-corrected chi connectivity index (χ2v) is 6.46. The van der Waals surface area contributed by atoms with Gasteiger partial charge < -0.3 is 10.2 Å². The number of rotatable bonds is 7. The Balaban J connectivity index is 1.92. The Morgan fingerprint density at radius 3 is 2.70 bits per heavy atom. The minimum absolute atomic E-state index is 0.0845. The SMILES string of the molecule is CC(C)NCc1ccc(F)c(CN(C)CC2CCC2)c1. The minimum Gasteiger partial charge on any atom is -0.310 e. The van der Waals surface area contributed by atoms with Crippen LogP contribution in [0.2, 0.25) is 0 Å². The monoisotopic (exact) mass is 278 g/mol. The molecule has 112 valence electrons. The van der Waals surface area contributed by atoms with Crippen LogP contribution in [0, 0.1) is 11.7 Å². The standard InChI is InChI=1S/C17H27FN2/c1-13(2)19-10-15-7-8-17(18)16(9-15)12-20(3)11-14-5-4-6-14/h7-9,13-14,19H,4-6,10-12H2,1-3H3. The normalized spacial score (nSPS) is 15.9. The molecule has 0 radical (unpaired) electrons. The fourth-order valence-electron chi connectivity index (χ4n) is 2.65. The molecule has 2 nitrogen and oxygen atoms in total. The van der Waals surface area contributed by atoms with Crippen LogP contribution in [0.4, 0.5) is 4.39 Å². The zero-order valence-electron chi connectivity index (χ0n) is 13.0. The van der Waals surface area contributed by atoms with Crippen LogP contribution in [-0.2, 0) is 13.1 Å². The zero-order chi connectivity index (χ0) is 14.5. The van der Waals surface area contributed by atoms with Crippen LogP contribution >= 0.6 is 0 Å². The van der Waals surface area contributed by atoms with E-state index in [1.807, 2.05) is 12.1 Å². The molecule has 1 aromatic rings. The minimum atomic E-state index is -0.0845. The lowest BCUT2D eigenvalue weighted by atomic mass is 9.85. The molecule has 0 heterocycles. The van der Waals surface area contributed by atoms with Crippen LogP contribution in [0.3, 0.4) is 0 Å². The molecular weight excluding hydrogens is 251 g/mol. The first-order valence-electron chi connectivity index (χ1n) is 7.74. The Labute approximate surface area is 122 Å². The molecule has 1 aliphatic rings. The highest BCUT2D eigenvalue weighted by atomic mass is 19.1. The first-order valence-corrected chi connectivity index (χ1v) is 7.74. The van der Waals surface area contributed by atoms with Crippen molar-refractivity contribution in [3.63, 3.8) is 0 Å². The Bertz CT molecular complexity index is 427. The number of benzene rings is 1. The Morgan fingerprint density at radius 1 is 1.35 bits per heavy atom. The first-order chi connectivity index (χ1) is 9.54. The van der Waals surface area contributed by atoms with Crippen LogP contribution in [0.25, 0.3) is 0 Å². The molecule has 1 saturated carbocycles. The summed E-state index contributed by atoms with van der Waals surface area (Å²) in [5.74, 6) is 0.743. The summed E-state index contributed by atoms with van der Waals surface area (Å²) in [6, 6.07) is 5.93. The Kier molecular flexibility index (Phi) is 5.55. The van der Waals surface area contributed by atoms with Crippen LogP contribution in [0.1, 0.15) is 44.2 Å². The van der Waals surface area contributed by atoms with E-state index in [0.717, 1.165) is 30.1 Å². The maximum Gasteiger partial charge on any atom is 0.127 e. The average molecular weight is 278 g/mol. The second-order valence-electron chi connectivity index (χ2n) is 6.46. The van der Waals surface area contributed by atoms with Crippen molar-refractivity contribution in [2.24, 2.45) is 5.92 Å². The first kappa shape index (κ1) is 15.5. The van der Waals surface area contributed by atoms with E-state index >= 15 is 0 Å². The molecule has 1 aromatic carbocycles. The van der Waals surface area contributed by atoms with Gasteiger partial charge in [0.05, 0.1) is 0 Å². The highest BCUT2D eigenvalue weighted by Gasteiger charge is 2.19. The lowest BCUT2D eigenvalue weighted by molar-refractivity contribution is 0.199. The lowest BCUT2D eigenvalue weighted by Gasteiger charge is -2.30. The van der Waals surface area contributed by atoms with Gasteiger partial charge in [-0.2, -0.15) is 0 Å². The van der Waals surface area contributed by atoms with Crippen molar-refractivity contribution in [3.8, 4) is 0 Å². The number of halogens is 1. The van der Waals surface area contributed by atoms with Gasteiger partial charge in [0.25, 0.3) is 0 Å². The number of hydrogen-bond donors (Lipinski definition) is 1. The van der Waals surface area contributed by atoms with E-state index in [1.165, 1.54) is 19.3 Å². The maximum absolute atomic E-state index is 13.9. The molecule has 0 spiro atoms. The average Bonchev–Trinajstić information content (AvgIpc) is 2.35. The van der Waals surface area contributed by atoms with Crippen molar-refractivity contribution < 1.29 is 4.39 Å². The molecule has 0 unspecified atom stereocenters. The van der Waals surface area contributed by atoms with E-state index in [0.29, 0.717) is 12.6 Å². The maximum atomic E-state index is 13.9. The highest BCUT2D eigenvalue weighted by molar-refractivity contribution is 5.25. The fourth-order valence-corrected chi connectivity index (χ4v) is 2.65. The zero-order valence-corrected chi connectivity index (χ0v) is 13.0. The van der Waals surface area contributed by atoms with Crippen LogP contribution in [0.15, 0.2) is 18.2 Å². The molecule has 0 bridgehead atoms. The van der Waals surface area contributed by atoms with Crippen molar-refractivity contribution >= 4 is 0 Å². The third kappa shape index (κ3) is 4.57. The molecule has 2 rings (SSSR count). The topological polar surface area (TPSA) is 15.3 Å². The predicted octanol–water partition coefficient (Wildman–Crippen LogP) is 3.56. The van der Waals surface area contributed by atoms with Crippen LogP contribution in [0.5, 0.6) is 0 Å². The molecule has 0 saturated heterocycles. The van der Waals surface area contributed by atoms with Gasteiger partial charge >= 0.3 is 0 Å². The summed E-state index contributed by atoms with van der Waals surface area (Å²) in [5.41, 5.74) is 1.97. The fraction of sp³-hybridized carbons (Fsp3) is 0.647. The van der Waals surface area contributed by atoms with Crippen molar-refractivity contribution in [1.29, 1.82) is 0 Å². The van der Waals surface area contributed by atoms with Crippen LogP contribution < -0.4 is 5.32 Å². The van der Waals surface area contributed by atoms with Gasteiger partial charge in [0.2, 0.25) is 0 Å². The molecule has 0 aliphatic heterocycles. The second kappa shape index (κ2) is 7.19. The predicted molar refractivity (Wildman–Crippen MR) is 82.1 cm³/mol. The largest absolute Gasteiger partial charge is 0.310 e. The Hall–Kier alpha value is -0.930. The molecule has 3 heteroatoms. The van der Waals surface area contributed by atoms with Gasteiger partial charge in [0.1, 0.15) is 5.82 Å². The molecule has 1 N–H and O–H groups in total. The Morgan fingerprint density at radius 2 is 2.10 bits per heavy atom. The van der Waals surface area contributed by atoms with Crippen molar-refractivity contribution in [1.82, 2.24) is 10.2 Å². The summed E-state index contributed by atoms with van der Waals surface area (Å²) in [6.45, 7) is 6.84. The van der Waals surface area contributed by atoms with Gasteiger partial charge in [-0.3, -0.25) is 0 Å². The molecule has 0 amide bonds. The molecule has 0 aromatic heterocycles. The molecule has 0 atom stereocenters. The molecular formula is C17H27FN2. The van der Waals surface area contributed by atoms with Gasteiger partial charge in [-0.05, 0) is 37.4 Å². The van der Waals surface area contributed by atoms with Gasteiger partial charge in [-0.15, -0.1) is 0 Å². The molecule has 1 aliphatic carbocycles. The number of hydrogen-bond acceptors (Lipinski definition) is 2. The van der Waals surface area contributed by atoms with Crippen LogP contribution in [-0.4, -0.2) is 24.5 Å². The van der Waals surface area contributed by atoms with E-state index in [4.69, 9.17) is 0 Å². The van der Waals surface area contributed by atoms with Crippen molar-refractivity contribution in [2.75, 3.05) is 13.6 Å². The third-order valence-corrected chi connectivity index (χ3v) is 4.06.